The topological polar surface area (TPSA) is 61.2 Å². The molecule has 0 aromatic rings. The molecule has 0 amide bonds. The van der Waals surface area contributed by atoms with Gasteiger partial charge in [-0.2, -0.15) is 0 Å². The van der Waals surface area contributed by atoms with Crippen LogP contribution in [0.25, 0.3) is 0 Å². The quantitative estimate of drug-likeness (QED) is 0.406. The fourth-order valence-electron chi connectivity index (χ4n) is 0.0582. The first-order valence-electron chi connectivity index (χ1n) is 1.78. The molecule has 0 heterocycles. The summed E-state index contributed by atoms with van der Waals surface area (Å²) in [5.41, 5.74) is 0. The van der Waals surface area contributed by atoms with E-state index >= 15 is 0 Å². The largest absolute Gasteiger partial charge is 0.312 e. The summed E-state index contributed by atoms with van der Waals surface area (Å²) in [4.78, 5) is 0. The van der Waals surface area contributed by atoms with Crippen molar-refractivity contribution in [1.82, 2.24) is 0 Å². The second-order valence-corrected chi connectivity index (χ2v) is 2.44. The Morgan fingerprint density at radius 3 is 2.43 bits per heavy atom. The van der Waals surface area contributed by atoms with E-state index in [-0.39, 0.29) is 0 Å². The maximum Gasteiger partial charge on any atom is 0.161 e. The maximum atomic E-state index is 9.89. The van der Waals surface area contributed by atoms with Crippen molar-refractivity contribution >= 4 is 17.3 Å². The molecule has 42 valence electrons. The third-order valence-corrected chi connectivity index (χ3v) is 1.32. The van der Waals surface area contributed by atoms with E-state index in [9.17, 15) is 4.21 Å². The van der Waals surface area contributed by atoms with Crippen LogP contribution in [0.4, 0.5) is 0 Å². The van der Waals surface area contributed by atoms with Crippen LogP contribution in [0.5, 0.6) is 0 Å². The Hall–Kier alpha value is -0.220. The van der Waals surface area contributed by atoms with Crippen molar-refractivity contribution in [1.29, 1.82) is 5.41 Å². The molecule has 3 nitrogen and oxygen atoms in total. The van der Waals surface area contributed by atoms with Gasteiger partial charge in [0.15, 0.2) is 11.1 Å². The predicted octanol–water partition coefficient (Wildman–Crippen LogP) is 0.246. The molecule has 0 saturated carbocycles. The molecule has 0 bridgehead atoms. The highest BCUT2D eigenvalue weighted by Gasteiger charge is 2.00. The fraction of sp³-hybridized carbons (Fsp3) is 0.667. The maximum absolute atomic E-state index is 9.89. The monoisotopic (exact) mass is 121 g/mol. The molecular weight excluding hydrogens is 114 g/mol. The minimum absolute atomic E-state index is 0.528. The minimum Gasteiger partial charge on any atom is -0.312 e. The first-order chi connectivity index (χ1) is 3.18. The lowest BCUT2D eigenvalue weighted by molar-refractivity contribution is 0.561. The Labute approximate surface area is 44.5 Å². The van der Waals surface area contributed by atoms with E-state index in [4.69, 9.17) is 9.96 Å². The van der Waals surface area contributed by atoms with Crippen molar-refractivity contribution in [3.05, 3.63) is 0 Å². The molecule has 7 heavy (non-hydrogen) atoms. The Morgan fingerprint density at radius 2 is 2.43 bits per heavy atom. The average molecular weight is 121 g/mol. The van der Waals surface area contributed by atoms with Gasteiger partial charge in [0.2, 0.25) is 0 Å². The van der Waals surface area contributed by atoms with Crippen molar-refractivity contribution in [2.75, 3.05) is 0 Å². The van der Waals surface area contributed by atoms with Gasteiger partial charge in [0.25, 0.3) is 0 Å². The first kappa shape index (κ1) is 6.78. The third kappa shape index (κ3) is 2.47. The Balaban J connectivity index is 3.55. The molecule has 0 spiro atoms. The summed E-state index contributed by atoms with van der Waals surface area (Å²) < 4.78 is 18.0. The highest BCUT2D eigenvalue weighted by molar-refractivity contribution is 7.80. The lowest BCUT2D eigenvalue weighted by atomic mass is 10.5. The van der Waals surface area contributed by atoms with Gasteiger partial charge in [0.1, 0.15) is 0 Å². The number of hydrogen-bond donors (Lipinski definition) is 2. The molecule has 0 radical (unpaired) electrons. The van der Waals surface area contributed by atoms with Crippen molar-refractivity contribution in [3.63, 3.8) is 0 Å². The Bertz CT molecular complexity index is 92.9. The molecule has 0 aromatic carbocycles. The molecule has 2 unspecified atom stereocenters. The van der Waals surface area contributed by atoms with Gasteiger partial charge in [0, 0.05) is 6.21 Å². The average Bonchev–Trinajstić information content (AvgIpc) is 1.65. The summed E-state index contributed by atoms with van der Waals surface area (Å²) in [7, 11) is 0. The molecule has 4 heteroatoms. The van der Waals surface area contributed by atoms with E-state index in [1.165, 1.54) is 6.92 Å². The molecule has 0 aliphatic rings. The van der Waals surface area contributed by atoms with Crippen LogP contribution >= 0.6 is 0 Å². The lowest BCUT2D eigenvalue weighted by Crippen LogP contribution is -2.09. The van der Waals surface area contributed by atoms with Crippen LogP contribution in [0.15, 0.2) is 0 Å². The second-order valence-electron chi connectivity index (χ2n) is 1.15. The summed E-state index contributed by atoms with van der Waals surface area (Å²) in [6.45, 7) is 1.50. The van der Waals surface area contributed by atoms with E-state index in [0.29, 0.717) is 0 Å². The molecule has 0 rings (SSSR count). The van der Waals surface area contributed by atoms with Crippen LogP contribution in [0.1, 0.15) is 6.92 Å². The second kappa shape index (κ2) is 2.87. The molecule has 0 fully saturated rings. The zero-order valence-corrected chi connectivity index (χ0v) is 4.73. The van der Waals surface area contributed by atoms with Gasteiger partial charge in [-0.05, 0) is 6.92 Å². The van der Waals surface area contributed by atoms with Crippen LogP contribution in [0, 0.1) is 5.41 Å². The smallest absolute Gasteiger partial charge is 0.161 e. The summed E-state index contributed by atoms with van der Waals surface area (Å²) >= 11 is -1.85. The Kier molecular flexibility index (Phi) is 2.78. The van der Waals surface area contributed by atoms with Crippen LogP contribution in [0.3, 0.4) is 0 Å². The zero-order valence-electron chi connectivity index (χ0n) is 3.92. The Morgan fingerprint density at radius 1 is 2.00 bits per heavy atom. The predicted molar refractivity (Wildman–Crippen MR) is 29.0 cm³/mol. The number of hydrogen-bond acceptors (Lipinski definition) is 2. The third-order valence-electron chi connectivity index (χ3n) is 0.553. The zero-order chi connectivity index (χ0) is 5.86. The van der Waals surface area contributed by atoms with Gasteiger partial charge in [-0.15, -0.1) is 0 Å². The van der Waals surface area contributed by atoms with E-state index in [0.717, 1.165) is 6.21 Å². The molecule has 0 aliphatic carbocycles. The highest BCUT2D eigenvalue weighted by atomic mass is 32.2. The van der Waals surface area contributed by atoms with Crippen LogP contribution < -0.4 is 0 Å². The van der Waals surface area contributed by atoms with Crippen molar-refractivity contribution < 1.29 is 8.76 Å². The minimum atomic E-state index is -1.85. The summed E-state index contributed by atoms with van der Waals surface area (Å²) in [6, 6.07) is 0. The van der Waals surface area contributed by atoms with Crippen LogP contribution in [-0.4, -0.2) is 20.2 Å². The highest BCUT2D eigenvalue weighted by Crippen LogP contribution is 1.83. The first-order valence-corrected chi connectivity index (χ1v) is 2.95. The van der Waals surface area contributed by atoms with Gasteiger partial charge < -0.3 is 9.96 Å². The molecule has 0 aromatic heterocycles. The molecule has 2 N–H and O–H groups in total. The van der Waals surface area contributed by atoms with Crippen molar-refractivity contribution in [2.24, 2.45) is 0 Å². The summed E-state index contributed by atoms with van der Waals surface area (Å²) in [5.74, 6) is 0. The molecular formula is C3H7NO2S. The fourth-order valence-corrected chi connectivity index (χ4v) is 0.175. The van der Waals surface area contributed by atoms with Crippen molar-refractivity contribution in [3.8, 4) is 0 Å². The normalized spacial score (nSPS) is 18.0. The number of nitrogens with one attached hydrogen (secondary N) is 1. The summed E-state index contributed by atoms with van der Waals surface area (Å²) in [5, 5.41) is 5.93. The van der Waals surface area contributed by atoms with Crippen LogP contribution in [-0.2, 0) is 11.1 Å². The van der Waals surface area contributed by atoms with Gasteiger partial charge in [0.05, 0.1) is 5.25 Å². The van der Waals surface area contributed by atoms with E-state index < -0.39 is 16.3 Å². The van der Waals surface area contributed by atoms with Crippen molar-refractivity contribution in [2.45, 2.75) is 12.2 Å². The molecule has 0 saturated heterocycles. The van der Waals surface area contributed by atoms with Gasteiger partial charge in [-0.3, -0.25) is 0 Å². The molecule has 2 atom stereocenters. The van der Waals surface area contributed by atoms with Gasteiger partial charge in [-0.1, -0.05) is 0 Å². The van der Waals surface area contributed by atoms with E-state index in [2.05, 4.69) is 0 Å². The SMILES string of the molecule is CC(C=N)S(=O)O. The molecule has 0 aliphatic heterocycles. The number of rotatable bonds is 2. The van der Waals surface area contributed by atoms with Gasteiger partial charge in [-0.25, -0.2) is 4.21 Å². The van der Waals surface area contributed by atoms with E-state index in [1.807, 2.05) is 0 Å². The lowest BCUT2D eigenvalue weighted by Gasteiger charge is -1.92. The standard InChI is InChI=1S/C3H7NO2S/c1-3(2-4)7(5)6/h2-4H,1H3,(H,5,6). The van der Waals surface area contributed by atoms with Gasteiger partial charge >= 0.3 is 0 Å². The van der Waals surface area contributed by atoms with E-state index in [1.54, 1.807) is 0 Å². The summed E-state index contributed by atoms with van der Waals surface area (Å²) in [6.07, 6.45) is 0.941. The van der Waals surface area contributed by atoms with Crippen LogP contribution in [0.2, 0.25) is 0 Å².